The SMILES string of the molecule is COC(=O)CC1Cc2cc3c(-c4c(OC)cc(O)c5c(O)c6c(cc45)CC(CC(=O)OC)OC6=O)c(OC)cc(O)c3c(O)c2C(=O)O1. The van der Waals surface area contributed by atoms with E-state index in [0.717, 1.165) is 0 Å². The minimum Gasteiger partial charge on any atom is -0.507 e. The van der Waals surface area contributed by atoms with E-state index in [-0.39, 0.29) is 81.0 Å². The van der Waals surface area contributed by atoms with Crippen LogP contribution in [0.2, 0.25) is 0 Å². The molecule has 2 atom stereocenters. The number of cyclic esters (lactones) is 2. The van der Waals surface area contributed by atoms with Crippen LogP contribution in [0.25, 0.3) is 32.7 Å². The van der Waals surface area contributed by atoms with Crippen molar-refractivity contribution in [3.8, 4) is 45.6 Å². The van der Waals surface area contributed by atoms with E-state index in [4.69, 9.17) is 28.4 Å². The molecule has 250 valence electrons. The number of esters is 4. The average Bonchev–Trinajstić information content (AvgIpc) is 3.03. The molecule has 14 heteroatoms. The van der Waals surface area contributed by atoms with Crippen LogP contribution < -0.4 is 9.47 Å². The molecule has 0 aliphatic carbocycles. The highest BCUT2D eigenvalue weighted by Crippen LogP contribution is 2.54. The highest BCUT2D eigenvalue weighted by Gasteiger charge is 2.36. The summed E-state index contributed by atoms with van der Waals surface area (Å²) in [5.41, 5.74) is 0.651. The second-order valence-electron chi connectivity index (χ2n) is 11.3. The molecule has 0 aromatic heterocycles. The third-order valence-corrected chi connectivity index (χ3v) is 8.63. The summed E-state index contributed by atoms with van der Waals surface area (Å²) in [5.74, 6) is -4.91. The highest BCUT2D eigenvalue weighted by molar-refractivity contribution is 6.18. The molecule has 4 aromatic rings. The molecule has 2 unspecified atom stereocenters. The zero-order valence-corrected chi connectivity index (χ0v) is 26.2. The number of benzene rings is 4. The van der Waals surface area contributed by atoms with Gasteiger partial charge in [0.05, 0.1) is 52.1 Å². The third kappa shape index (κ3) is 5.05. The average molecular weight is 663 g/mol. The van der Waals surface area contributed by atoms with Crippen molar-refractivity contribution < 1.29 is 68.0 Å². The van der Waals surface area contributed by atoms with Crippen LogP contribution in [-0.2, 0) is 41.4 Å². The van der Waals surface area contributed by atoms with Gasteiger partial charge in [-0.25, -0.2) is 9.59 Å². The fourth-order valence-corrected chi connectivity index (χ4v) is 6.54. The topological polar surface area (TPSA) is 205 Å². The van der Waals surface area contributed by atoms with Gasteiger partial charge in [-0.05, 0) is 23.3 Å². The van der Waals surface area contributed by atoms with Crippen molar-refractivity contribution in [1.82, 2.24) is 0 Å². The van der Waals surface area contributed by atoms with Crippen LogP contribution in [0.1, 0.15) is 44.7 Å². The molecule has 0 saturated heterocycles. The van der Waals surface area contributed by atoms with Gasteiger partial charge in [-0.15, -0.1) is 0 Å². The molecule has 2 heterocycles. The Kier molecular flexibility index (Phi) is 8.03. The van der Waals surface area contributed by atoms with Gasteiger partial charge in [0.2, 0.25) is 0 Å². The standard InChI is InChI=1S/C34H30O14/c1-43-21-11-19(35)27-17(7-13-5-15(9-23(37)45-3)47-33(41)25(13)31(27)39)29(21)30-18-8-14-6-16(10-24(38)46-4)48-34(42)26(14)32(40)28(18)20(36)12-22(30)44-2/h7-8,11-12,15-16,35-36,39-40H,5-6,9-10H2,1-4H3. The second kappa shape index (κ2) is 12.0. The van der Waals surface area contributed by atoms with E-state index < -0.39 is 59.1 Å². The van der Waals surface area contributed by atoms with Crippen molar-refractivity contribution in [2.45, 2.75) is 37.9 Å². The minimum absolute atomic E-state index is 0.0164. The second-order valence-corrected chi connectivity index (χ2v) is 11.3. The lowest BCUT2D eigenvalue weighted by atomic mass is 9.85. The van der Waals surface area contributed by atoms with E-state index in [1.54, 1.807) is 12.1 Å². The van der Waals surface area contributed by atoms with Crippen LogP contribution in [0.15, 0.2) is 24.3 Å². The fourth-order valence-electron chi connectivity index (χ4n) is 6.54. The number of carbonyl (C=O) groups excluding carboxylic acids is 4. The van der Waals surface area contributed by atoms with E-state index >= 15 is 0 Å². The summed E-state index contributed by atoms with van der Waals surface area (Å²) in [4.78, 5) is 50.1. The van der Waals surface area contributed by atoms with E-state index in [1.165, 1.54) is 40.6 Å². The molecule has 2 aliphatic heterocycles. The molecule has 0 amide bonds. The minimum atomic E-state index is -0.904. The van der Waals surface area contributed by atoms with Crippen molar-refractivity contribution in [2.75, 3.05) is 28.4 Å². The maximum atomic E-state index is 13.1. The smallest absolute Gasteiger partial charge is 0.342 e. The van der Waals surface area contributed by atoms with Gasteiger partial charge in [0.25, 0.3) is 0 Å². The monoisotopic (exact) mass is 662 g/mol. The Morgan fingerprint density at radius 3 is 1.35 bits per heavy atom. The zero-order chi connectivity index (χ0) is 34.6. The van der Waals surface area contributed by atoms with Gasteiger partial charge < -0.3 is 48.8 Å². The van der Waals surface area contributed by atoms with E-state index in [1.807, 2.05) is 0 Å². The Morgan fingerprint density at radius 2 is 1.02 bits per heavy atom. The van der Waals surface area contributed by atoms with Crippen molar-refractivity contribution in [3.63, 3.8) is 0 Å². The first-order chi connectivity index (χ1) is 22.9. The Morgan fingerprint density at radius 1 is 0.646 bits per heavy atom. The molecule has 48 heavy (non-hydrogen) atoms. The number of fused-ring (bicyclic) bond motifs is 4. The summed E-state index contributed by atoms with van der Waals surface area (Å²) in [6.07, 6.45) is -2.25. The molecule has 0 fully saturated rings. The lowest BCUT2D eigenvalue weighted by molar-refractivity contribution is -0.144. The summed E-state index contributed by atoms with van der Waals surface area (Å²) in [7, 11) is 5.09. The lowest BCUT2D eigenvalue weighted by Gasteiger charge is -2.27. The van der Waals surface area contributed by atoms with Crippen LogP contribution in [0.4, 0.5) is 0 Å². The summed E-state index contributed by atoms with van der Waals surface area (Å²) in [5, 5.41) is 45.2. The maximum absolute atomic E-state index is 13.1. The van der Waals surface area contributed by atoms with Crippen LogP contribution in [0.5, 0.6) is 34.5 Å². The van der Waals surface area contributed by atoms with Crippen molar-refractivity contribution >= 4 is 45.4 Å². The molecule has 0 spiro atoms. The molecule has 2 aliphatic rings. The summed E-state index contributed by atoms with van der Waals surface area (Å²) in [6.45, 7) is 0. The van der Waals surface area contributed by atoms with Crippen LogP contribution >= 0.6 is 0 Å². The van der Waals surface area contributed by atoms with E-state index in [0.29, 0.717) is 11.1 Å². The zero-order valence-electron chi connectivity index (χ0n) is 26.2. The number of hydrogen-bond acceptors (Lipinski definition) is 14. The fraction of sp³-hybridized carbons (Fsp3) is 0.294. The van der Waals surface area contributed by atoms with Crippen LogP contribution in [-0.4, -0.2) is 85.0 Å². The molecule has 6 rings (SSSR count). The number of rotatable bonds is 7. The maximum Gasteiger partial charge on any atom is 0.342 e. The molecular formula is C34H30O14. The summed E-state index contributed by atoms with van der Waals surface area (Å²) in [6, 6.07) is 5.54. The summed E-state index contributed by atoms with van der Waals surface area (Å²) >= 11 is 0. The van der Waals surface area contributed by atoms with Crippen molar-refractivity contribution in [3.05, 3.63) is 46.5 Å². The van der Waals surface area contributed by atoms with Crippen molar-refractivity contribution in [1.29, 1.82) is 0 Å². The van der Waals surface area contributed by atoms with E-state index in [9.17, 15) is 39.6 Å². The Labute approximate surface area is 271 Å². The third-order valence-electron chi connectivity index (χ3n) is 8.63. The number of phenolic OH excluding ortho intramolecular Hbond substituents is 4. The Hall–Kier alpha value is -5.92. The molecule has 4 aromatic carbocycles. The quantitative estimate of drug-likeness (QED) is 0.164. The van der Waals surface area contributed by atoms with Gasteiger partial charge in [0.15, 0.2) is 0 Å². The first-order valence-corrected chi connectivity index (χ1v) is 14.6. The molecule has 0 radical (unpaired) electrons. The molecular weight excluding hydrogens is 632 g/mol. The first-order valence-electron chi connectivity index (χ1n) is 14.6. The predicted octanol–water partition coefficient (Wildman–Crippen LogP) is 3.79. The lowest BCUT2D eigenvalue weighted by Crippen LogP contribution is -2.30. The Bertz CT molecular complexity index is 1920. The number of carbonyl (C=O) groups is 4. The van der Waals surface area contributed by atoms with Gasteiger partial charge in [-0.2, -0.15) is 0 Å². The highest BCUT2D eigenvalue weighted by atomic mass is 16.6. The number of hydrogen-bond donors (Lipinski definition) is 4. The normalized spacial score (nSPS) is 16.8. The van der Waals surface area contributed by atoms with Crippen LogP contribution in [0, 0.1) is 0 Å². The van der Waals surface area contributed by atoms with Gasteiger partial charge in [-0.1, -0.05) is 0 Å². The molecule has 4 N–H and O–H groups in total. The molecule has 14 nitrogen and oxygen atoms in total. The number of ether oxygens (including phenoxy) is 6. The summed E-state index contributed by atoms with van der Waals surface area (Å²) < 4.78 is 31.6. The van der Waals surface area contributed by atoms with Crippen molar-refractivity contribution in [2.24, 2.45) is 0 Å². The molecule has 0 bridgehead atoms. The Balaban J connectivity index is 1.68. The van der Waals surface area contributed by atoms with Gasteiger partial charge in [0.1, 0.15) is 57.8 Å². The number of phenols is 4. The van der Waals surface area contributed by atoms with Crippen LogP contribution in [0.3, 0.4) is 0 Å². The molecule has 0 saturated carbocycles. The van der Waals surface area contributed by atoms with Gasteiger partial charge in [-0.3, -0.25) is 9.59 Å². The number of methoxy groups -OCH3 is 4. The van der Waals surface area contributed by atoms with Gasteiger partial charge in [0, 0.05) is 46.9 Å². The number of aromatic hydroxyl groups is 4. The van der Waals surface area contributed by atoms with Gasteiger partial charge >= 0.3 is 23.9 Å². The largest absolute Gasteiger partial charge is 0.507 e. The van der Waals surface area contributed by atoms with E-state index in [2.05, 4.69) is 0 Å². The first kappa shape index (κ1) is 32.0. The predicted molar refractivity (Wildman–Crippen MR) is 166 cm³/mol.